The minimum absolute atomic E-state index is 0.118. The molecule has 1 N–H and O–H groups in total. The summed E-state index contributed by atoms with van der Waals surface area (Å²) in [6.07, 6.45) is 4.49. The fourth-order valence-electron chi connectivity index (χ4n) is 3.73. The number of aromatic nitrogens is 2. The summed E-state index contributed by atoms with van der Waals surface area (Å²) in [4.78, 5) is 35.6. The van der Waals surface area contributed by atoms with Crippen LogP contribution in [0.4, 0.5) is 0 Å². The molecular weight excluding hydrogens is 392 g/mol. The van der Waals surface area contributed by atoms with Crippen LogP contribution in [0.3, 0.4) is 0 Å². The number of hydrogen-bond donors (Lipinski definition) is 1. The molecule has 1 aliphatic rings. The number of rotatable bonds is 6. The molecule has 0 bridgehead atoms. The highest BCUT2D eigenvalue weighted by molar-refractivity contribution is 7.18. The van der Waals surface area contributed by atoms with E-state index in [-0.39, 0.29) is 11.5 Å². The summed E-state index contributed by atoms with van der Waals surface area (Å²) < 4.78 is 5.52. The Hall–Kier alpha value is -1.99. The van der Waals surface area contributed by atoms with Crippen LogP contribution in [-0.2, 0) is 28.8 Å². The van der Waals surface area contributed by atoms with E-state index in [2.05, 4.69) is 23.0 Å². The Labute approximate surface area is 171 Å². The van der Waals surface area contributed by atoms with Gasteiger partial charge in [0.1, 0.15) is 4.83 Å². The lowest BCUT2D eigenvalue weighted by atomic mass is 9.89. The summed E-state index contributed by atoms with van der Waals surface area (Å²) in [6.45, 7) is 4.01. The van der Waals surface area contributed by atoms with Crippen molar-refractivity contribution in [3.05, 3.63) is 49.0 Å². The van der Waals surface area contributed by atoms with Crippen molar-refractivity contribution in [2.75, 3.05) is 0 Å². The zero-order valence-corrected chi connectivity index (χ0v) is 17.8. The van der Waals surface area contributed by atoms with E-state index in [0.717, 1.165) is 47.9 Å². The maximum Gasteiger partial charge on any atom is 0.306 e. The number of nitrogens with one attached hydrogen (secondary N) is 1. The molecule has 0 saturated carbocycles. The predicted octanol–water partition coefficient (Wildman–Crippen LogP) is 4.80. The van der Waals surface area contributed by atoms with E-state index < -0.39 is 6.10 Å². The Morgan fingerprint density at radius 2 is 2.32 bits per heavy atom. The zero-order chi connectivity index (χ0) is 19.7. The first-order chi connectivity index (χ1) is 13.5. The van der Waals surface area contributed by atoms with Gasteiger partial charge in [-0.05, 0) is 62.0 Å². The molecule has 28 heavy (non-hydrogen) atoms. The average Bonchev–Trinajstić information content (AvgIpc) is 3.28. The van der Waals surface area contributed by atoms with E-state index in [1.807, 2.05) is 11.4 Å². The van der Waals surface area contributed by atoms with E-state index in [4.69, 9.17) is 4.74 Å². The van der Waals surface area contributed by atoms with E-state index >= 15 is 0 Å². The summed E-state index contributed by atoms with van der Waals surface area (Å²) in [5.41, 5.74) is 1.05. The second-order valence-electron chi connectivity index (χ2n) is 7.55. The Bertz CT molecular complexity index is 1040. The van der Waals surface area contributed by atoms with Gasteiger partial charge in [0.15, 0.2) is 11.9 Å². The number of ether oxygens (including phenoxy) is 1. The largest absolute Gasteiger partial charge is 0.454 e. The smallest absolute Gasteiger partial charge is 0.306 e. The minimum atomic E-state index is -0.565. The lowest BCUT2D eigenvalue weighted by molar-refractivity contribution is -0.149. The number of hydrogen-bond acceptors (Lipinski definition) is 6. The third-order valence-electron chi connectivity index (χ3n) is 5.26. The van der Waals surface area contributed by atoms with Crippen molar-refractivity contribution in [1.29, 1.82) is 0 Å². The van der Waals surface area contributed by atoms with Crippen LogP contribution < -0.4 is 5.56 Å². The van der Waals surface area contributed by atoms with Crippen molar-refractivity contribution in [3.8, 4) is 0 Å². The van der Waals surface area contributed by atoms with Gasteiger partial charge < -0.3 is 9.72 Å². The van der Waals surface area contributed by atoms with E-state index in [9.17, 15) is 9.59 Å². The Morgan fingerprint density at radius 3 is 3.11 bits per heavy atom. The van der Waals surface area contributed by atoms with Crippen LogP contribution in [0.2, 0.25) is 0 Å². The second kappa shape index (κ2) is 8.17. The van der Waals surface area contributed by atoms with Gasteiger partial charge in [0.2, 0.25) is 0 Å². The molecule has 4 rings (SSSR count). The molecule has 0 spiro atoms. The number of nitrogens with zero attached hydrogens (tertiary/aromatic N) is 1. The molecule has 0 amide bonds. The van der Waals surface area contributed by atoms with Gasteiger partial charge in [-0.25, -0.2) is 4.98 Å². The number of aryl methyl sites for hydroxylation is 2. The molecule has 0 radical (unpaired) electrons. The lowest BCUT2D eigenvalue weighted by Crippen LogP contribution is -2.18. The number of carbonyl (C=O) groups excluding carboxylic acids is 1. The third-order valence-corrected chi connectivity index (χ3v) is 7.35. The van der Waals surface area contributed by atoms with Crippen LogP contribution in [0.25, 0.3) is 10.2 Å². The van der Waals surface area contributed by atoms with Gasteiger partial charge in [-0.1, -0.05) is 13.0 Å². The first-order valence-electron chi connectivity index (χ1n) is 9.77. The van der Waals surface area contributed by atoms with E-state index in [1.165, 1.54) is 9.75 Å². The highest BCUT2D eigenvalue weighted by atomic mass is 32.1. The highest BCUT2D eigenvalue weighted by Crippen LogP contribution is 2.36. The number of H-pyrrole nitrogens is 1. The lowest BCUT2D eigenvalue weighted by Gasteiger charge is -2.17. The highest BCUT2D eigenvalue weighted by Gasteiger charge is 2.24. The Morgan fingerprint density at radius 1 is 1.46 bits per heavy atom. The molecule has 1 aliphatic carbocycles. The van der Waals surface area contributed by atoms with Crippen LogP contribution in [0.15, 0.2) is 22.3 Å². The van der Waals surface area contributed by atoms with Crippen LogP contribution in [0, 0.1) is 5.92 Å². The van der Waals surface area contributed by atoms with Crippen LogP contribution in [0.5, 0.6) is 0 Å². The van der Waals surface area contributed by atoms with Gasteiger partial charge in [-0.15, -0.1) is 22.7 Å². The van der Waals surface area contributed by atoms with Crippen LogP contribution in [-0.4, -0.2) is 15.9 Å². The summed E-state index contributed by atoms with van der Waals surface area (Å²) in [7, 11) is 0. The summed E-state index contributed by atoms with van der Waals surface area (Å²) in [5, 5.41) is 2.77. The van der Waals surface area contributed by atoms with Crippen molar-refractivity contribution in [2.45, 2.75) is 58.5 Å². The van der Waals surface area contributed by atoms with Gasteiger partial charge >= 0.3 is 5.97 Å². The molecule has 7 heteroatoms. The molecule has 0 fully saturated rings. The third kappa shape index (κ3) is 4.05. The van der Waals surface area contributed by atoms with Crippen LogP contribution in [0.1, 0.15) is 60.4 Å². The fourth-order valence-corrected chi connectivity index (χ4v) is 5.87. The first kappa shape index (κ1) is 19.3. The summed E-state index contributed by atoms with van der Waals surface area (Å²) in [5.74, 6) is 0.815. The normalized spacial score (nSPS) is 17.4. The molecule has 0 saturated heterocycles. The maximum atomic E-state index is 12.7. The second-order valence-corrected chi connectivity index (χ2v) is 9.66. The Balaban J connectivity index is 1.44. The van der Waals surface area contributed by atoms with E-state index in [0.29, 0.717) is 18.2 Å². The molecule has 3 aromatic rings. The number of fused-ring (bicyclic) bond motifs is 3. The topological polar surface area (TPSA) is 72.0 Å². The average molecular weight is 417 g/mol. The Kier molecular flexibility index (Phi) is 5.64. The zero-order valence-electron chi connectivity index (χ0n) is 16.1. The van der Waals surface area contributed by atoms with Crippen molar-refractivity contribution >= 4 is 38.9 Å². The van der Waals surface area contributed by atoms with Gasteiger partial charge in [0, 0.05) is 16.2 Å². The molecule has 148 valence electrons. The van der Waals surface area contributed by atoms with Crippen molar-refractivity contribution in [2.24, 2.45) is 5.92 Å². The molecule has 0 aliphatic heterocycles. The summed E-state index contributed by atoms with van der Waals surface area (Å²) in [6, 6.07) is 4.09. The van der Waals surface area contributed by atoms with Crippen LogP contribution >= 0.6 is 22.7 Å². The predicted molar refractivity (Wildman–Crippen MR) is 113 cm³/mol. The quantitative estimate of drug-likeness (QED) is 0.586. The maximum absolute atomic E-state index is 12.7. The molecule has 5 nitrogen and oxygen atoms in total. The van der Waals surface area contributed by atoms with Crippen molar-refractivity contribution in [1.82, 2.24) is 9.97 Å². The van der Waals surface area contributed by atoms with E-state index in [1.54, 1.807) is 29.6 Å². The SMILES string of the molecule is C[C@H]1CCc2c(sc3nc([C@H](C)OC(=O)CCCc4cccs4)[nH]c(=O)c23)C1. The molecule has 3 heterocycles. The van der Waals surface area contributed by atoms with Gasteiger partial charge in [-0.3, -0.25) is 9.59 Å². The van der Waals surface area contributed by atoms with Gasteiger partial charge in [0.05, 0.1) is 5.39 Å². The number of aromatic amines is 1. The molecule has 3 aromatic heterocycles. The van der Waals surface area contributed by atoms with Crippen molar-refractivity contribution in [3.63, 3.8) is 0 Å². The van der Waals surface area contributed by atoms with Gasteiger partial charge in [0.25, 0.3) is 5.56 Å². The van der Waals surface area contributed by atoms with Crippen molar-refractivity contribution < 1.29 is 9.53 Å². The molecule has 0 aromatic carbocycles. The number of carbonyl (C=O) groups is 1. The molecule has 0 unspecified atom stereocenters. The van der Waals surface area contributed by atoms with Gasteiger partial charge in [-0.2, -0.15) is 0 Å². The standard InChI is InChI=1S/C21H24N2O3S2/c1-12-8-9-15-16(11-12)28-21-18(15)20(25)22-19(23-21)13(2)26-17(24)7-3-5-14-6-4-10-27-14/h4,6,10,12-13H,3,5,7-9,11H2,1-2H3,(H,22,23,25)/t12-,13-/m0/s1. The summed E-state index contributed by atoms with van der Waals surface area (Å²) >= 11 is 3.31. The number of esters is 1. The molecular formula is C21H24N2O3S2. The minimum Gasteiger partial charge on any atom is -0.454 e. The first-order valence-corrected chi connectivity index (χ1v) is 11.5. The number of thiophene rings is 2. The fraction of sp³-hybridized carbons (Fsp3) is 0.476. The monoisotopic (exact) mass is 416 g/mol. The molecule has 2 atom stereocenters.